The first kappa shape index (κ1) is 13.8. The van der Waals surface area contributed by atoms with E-state index in [-0.39, 0.29) is 23.0 Å². The minimum atomic E-state index is -0.315. The number of hydrogen-bond acceptors (Lipinski definition) is 2. The summed E-state index contributed by atoms with van der Waals surface area (Å²) in [6.07, 6.45) is 1.81. The first-order chi connectivity index (χ1) is 8.63. The minimum Gasteiger partial charge on any atom is -0.376 e. The summed E-state index contributed by atoms with van der Waals surface area (Å²) in [7, 11) is 1.89. The molecule has 1 aliphatic rings. The van der Waals surface area contributed by atoms with Crippen molar-refractivity contribution in [3.8, 4) is 0 Å². The van der Waals surface area contributed by atoms with Crippen LogP contribution in [0.15, 0.2) is 18.2 Å². The van der Waals surface area contributed by atoms with Crippen molar-refractivity contribution in [2.24, 2.45) is 5.92 Å². The molecule has 0 radical (unpaired) electrons. The third-order valence-electron chi connectivity index (χ3n) is 3.68. The predicted molar refractivity (Wildman–Crippen MR) is 71.5 cm³/mol. The zero-order valence-electron chi connectivity index (χ0n) is 10.7. The van der Waals surface area contributed by atoms with Crippen molar-refractivity contribution in [2.75, 3.05) is 13.7 Å². The third kappa shape index (κ3) is 2.85. The Morgan fingerprint density at radius 3 is 2.94 bits per heavy atom. The molecule has 0 spiro atoms. The minimum absolute atomic E-state index is 0.121. The van der Waals surface area contributed by atoms with E-state index in [1.54, 1.807) is 18.2 Å². The van der Waals surface area contributed by atoms with Crippen molar-refractivity contribution < 1.29 is 9.13 Å². The second-order valence-corrected chi connectivity index (χ2v) is 5.32. The molecule has 1 N–H and O–H groups in total. The molecule has 1 aliphatic heterocycles. The Balaban J connectivity index is 2.12. The highest BCUT2D eigenvalue weighted by molar-refractivity contribution is 6.30. The molecular weight excluding hydrogens is 253 g/mol. The first-order valence-electron chi connectivity index (χ1n) is 6.35. The quantitative estimate of drug-likeness (QED) is 0.909. The zero-order valence-corrected chi connectivity index (χ0v) is 11.5. The van der Waals surface area contributed by atoms with E-state index in [1.165, 1.54) is 0 Å². The van der Waals surface area contributed by atoms with Crippen molar-refractivity contribution in [1.82, 2.24) is 5.32 Å². The lowest BCUT2D eigenvalue weighted by Gasteiger charge is -2.26. The average Bonchev–Trinajstić information content (AvgIpc) is 2.77. The summed E-state index contributed by atoms with van der Waals surface area (Å²) in [4.78, 5) is 0. The number of halogens is 2. The van der Waals surface area contributed by atoms with Crippen LogP contribution in [0.4, 0.5) is 4.39 Å². The van der Waals surface area contributed by atoms with Crippen molar-refractivity contribution >= 4 is 11.6 Å². The highest BCUT2D eigenvalue weighted by Crippen LogP contribution is 2.26. The van der Waals surface area contributed by atoms with Crippen molar-refractivity contribution in [3.05, 3.63) is 34.6 Å². The van der Waals surface area contributed by atoms with Crippen LogP contribution in [-0.4, -0.2) is 25.8 Å². The van der Waals surface area contributed by atoms with Crippen LogP contribution in [0, 0.1) is 11.7 Å². The van der Waals surface area contributed by atoms with Crippen LogP contribution in [0.25, 0.3) is 0 Å². The van der Waals surface area contributed by atoms with Crippen molar-refractivity contribution in [1.29, 1.82) is 0 Å². The number of likely N-dealkylation sites (N-methyl/N-ethyl adjacent to an activating group) is 1. The van der Waals surface area contributed by atoms with E-state index in [9.17, 15) is 4.39 Å². The van der Waals surface area contributed by atoms with Crippen LogP contribution < -0.4 is 5.32 Å². The fourth-order valence-electron chi connectivity index (χ4n) is 2.56. The van der Waals surface area contributed by atoms with Gasteiger partial charge in [0.1, 0.15) is 5.82 Å². The SMILES string of the molecule is CNC(Cc1cccc(Cl)c1F)C1OCCC1C. The Kier molecular flexibility index (Phi) is 4.60. The highest BCUT2D eigenvalue weighted by atomic mass is 35.5. The molecular formula is C14H19ClFNO. The number of rotatable bonds is 4. The van der Waals surface area contributed by atoms with Gasteiger partial charge in [-0.05, 0) is 37.4 Å². The van der Waals surface area contributed by atoms with Crippen LogP contribution >= 0.6 is 11.6 Å². The molecule has 0 aliphatic carbocycles. The van der Waals surface area contributed by atoms with Gasteiger partial charge in [0, 0.05) is 12.6 Å². The maximum Gasteiger partial charge on any atom is 0.145 e. The number of ether oxygens (including phenoxy) is 1. The highest BCUT2D eigenvalue weighted by Gasteiger charge is 2.31. The molecule has 0 bridgehead atoms. The Morgan fingerprint density at radius 1 is 1.56 bits per heavy atom. The fourth-order valence-corrected chi connectivity index (χ4v) is 2.75. The van der Waals surface area contributed by atoms with Gasteiger partial charge in [-0.1, -0.05) is 30.7 Å². The molecule has 1 fully saturated rings. The van der Waals surface area contributed by atoms with Gasteiger partial charge in [0.15, 0.2) is 0 Å². The molecule has 2 nitrogen and oxygen atoms in total. The Hall–Kier alpha value is -0.640. The molecule has 3 unspecified atom stereocenters. The molecule has 3 atom stereocenters. The monoisotopic (exact) mass is 271 g/mol. The topological polar surface area (TPSA) is 21.3 Å². The second kappa shape index (κ2) is 6.00. The smallest absolute Gasteiger partial charge is 0.145 e. The number of hydrogen-bond donors (Lipinski definition) is 1. The van der Waals surface area contributed by atoms with Gasteiger partial charge in [-0.15, -0.1) is 0 Å². The molecule has 0 saturated carbocycles. The van der Waals surface area contributed by atoms with E-state index in [1.807, 2.05) is 7.05 Å². The normalized spacial score (nSPS) is 25.3. The van der Waals surface area contributed by atoms with Crippen LogP contribution in [0.2, 0.25) is 5.02 Å². The number of nitrogens with one attached hydrogen (secondary N) is 1. The van der Waals surface area contributed by atoms with E-state index < -0.39 is 0 Å². The van der Waals surface area contributed by atoms with Gasteiger partial charge in [-0.2, -0.15) is 0 Å². The molecule has 1 aromatic rings. The summed E-state index contributed by atoms with van der Waals surface area (Å²) < 4.78 is 19.6. The summed E-state index contributed by atoms with van der Waals surface area (Å²) in [5.74, 6) is 0.190. The molecule has 0 amide bonds. The van der Waals surface area contributed by atoms with Crippen LogP contribution in [-0.2, 0) is 11.2 Å². The van der Waals surface area contributed by atoms with Gasteiger partial charge in [0.2, 0.25) is 0 Å². The van der Waals surface area contributed by atoms with Crippen molar-refractivity contribution in [2.45, 2.75) is 31.9 Å². The molecule has 100 valence electrons. The zero-order chi connectivity index (χ0) is 13.1. The fraction of sp³-hybridized carbons (Fsp3) is 0.571. The summed E-state index contributed by atoms with van der Waals surface area (Å²) in [6, 6.07) is 5.26. The lowest BCUT2D eigenvalue weighted by Crippen LogP contribution is -2.42. The van der Waals surface area contributed by atoms with Crippen LogP contribution in [0.3, 0.4) is 0 Å². The molecule has 18 heavy (non-hydrogen) atoms. The van der Waals surface area contributed by atoms with Gasteiger partial charge >= 0.3 is 0 Å². The van der Waals surface area contributed by atoms with Crippen molar-refractivity contribution in [3.63, 3.8) is 0 Å². The number of benzene rings is 1. The maximum absolute atomic E-state index is 13.9. The molecule has 1 aromatic carbocycles. The predicted octanol–water partition coefficient (Wildman–Crippen LogP) is 3.03. The molecule has 2 rings (SSSR count). The van der Waals surface area contributed by atoms with E-state index in [2.05, 4.69) is 12.2 Å². The van der Waals surface area contributed by atoms with Gasteiger partial charge in [-0.25, -0.2) is 4.39 Å². The molecule has 1 heterocycles. The third-order valence-corrected chi connectivity index (χ3v) is 3.98. The standard InChI is InChI=1S/C14H19ClFNO/c1-9-6-7-18-14(9)12(17-2)8-10-4-3-5-11(15)13(10)16/h3-5,9,12,14,17H,6-8H2,1-2H3. The Labute approximate surface area is 112 Å². The van der Waals surface area contributed by atoms with E-state index in [4.69, 9.17) is 16.3 Å². The van der Waals surface area contributed by atoms with E-state index >= 15 is 0 Å². The van der Waals surface area contributed by atoms with Gasteiger partial charge in [-0.3, -0.25) is 0 Å². The summed E-state index contributed by atoms with van der Waals surface area (Å²) in [6.45, 7) is 2.97. The Morgan fingerprint density at radius 2 is 2.33 bits per heavy atom. The first-order valence-corrected chi connectivity index (χ1v) is 6.73. The average molecular weight is 272 g/mol. The maximum atomic E-state index is 13.9. The lowest BCUT2D eigenvalue weighted by molar-refractivity contribution is 0.0631. The summed E-state index contributed by atoms with van der Waals surface area (Å²) in [5, 5.41) is 3.42. The largest absolute Gasteiger partial charge is 0.376 e. The molecule has 4 heteroatoms. The van der Waals surface area contributed by atoms with E-state index in [0.717, 1.165) is 13.0 Å². The molecule has 0 aromatic heterocycles. The van der Waals surface area contributed by atoms with Gasteiger partial charge in [0.25, 0.3) is 0 Å². The van der Waals surface area contributed by atoms with Crippen LogP contribution in [0.5, 0.6) is 0 Å². The Bertz CT molecular complexity index is 413. The molecule has 1 saturated heterocycles. The van der Waals surface area contributed by atoms with Gasteiger partial charge in [0.05, 0.1) is 11.1 Å². The van der Waals surface area contributed by atoms with Gasteiger partial charge < -0.3 is 10.1 Å². The summed E-state index contributed by atoms with van der Waals surface area (Å²) >= 11 is 5.80. The summed E-state index contributed by atoms with van der Waals surface area (Å²) in [5.41, 5.74) is 0.643. The van der Waals surface area contributed by atoms with E-state index in [0.29, 0.717) is 17.9 Å². The van der Waals surface area contributed by atoms with Crippen LogP contribution in [0.1, 0.15) is 18.9 Å². The second-order valence-electron chi connectivity index (χ2n) is 4.91. The lowest BCUT2D eigenvalue weighted by atomic mass is 9.93.